The van der Waals surface area contributed by atoms with Gasteiger partial charge in [-0.1, -0.05) is 31.2 Å². The molecule has 0 aromatic heterocycles. The predicted molar refractivity (Wildman–Crippen MR) is 97.6 cm³/mol. The maximum absolute atomic E-state index is 13.0. The Morgan fingerprint density at radius 3 is 2.33 bits per heavy atom. The van der Waals surface area contributed by atoms with Gasteiger partial charge in [0.2, 0.25) is 0 Å². The van der Waals surface area contributed by atoms with Gasteiger partial charge in [0.25, 0.3) is 0 Å². The Kier molecular flexibility index (Phi) is 4.62. The van der Waals surface area contributed by atoms with E-state index in [-0.39, 0.29) is 0 Å². The molecule has 0 heterocycles. The fraction of sp³-hybridized carbons (Fsp3) is 0.476. The van der Waals surface area contributed by atoms with Crippen LogP contribution in [0.1, 0.15) is 44.7 Å². The molecule has 144 valence electrons. The molecule has 27 heavy (non-hydrogen) atoms. The number of benzene rings is 1. The summed E-state index contributed by atoms with van der Waals surface area (Å²) < 4.78 is 15.7. The zero-order chi connectivity index (χ0) is 20.0. The third-order valence-electron chi connectivity index (χ3n) is 5.97. The molecule has 0 N–H and O–H groups in total. The van der Waals surface area contributed by atoms with Gasteiger partial charge in [-0.25, -0.2) is 4.79 Å². The topological polar surface area (TPSA) is 78.9 Å². The highest BCUT2D eigenvalue weighted by molar-refractivity contribution is 6.21. The van der Waals surface area contributed by atoms with Crippen LogP contribution in [0, 0.1) is 5.41 Å². The molecule has 0 saturated heterocycles. The number of ether oxygens (including phenoxy) is 3. The van der Waals surface area contributed by atoms with Crippen LogP contribution in [0.4, 0.5) is 0 Å². The summed E-state index contributed by atoms with van der Waals surface area (Å²) in [6.45, 7) is 5.01. The number of methoxy groups -OCH3 is 2. The largest absolute Gasteiger partial charge is 0.468 e. The average Bonchev–Trinajstić information content (AvgIpc) is 2.93. The van der Waals surface area contributed by atoms with Crippen molar-refractivity contribution in [1.29, 1.82) is 0 Å². The van der Waals surface area contributed by atoms with Gasteiger partial charge in [-0.05, 0) is 36.5 Å². The molecule has 2 aliphatic rings. The van der Waals surface area contributed by atoms with Gasteiger partial charge >= 0.3 is 17.9 Å². The van der Waals surface area contributed by atoms with Gasteiger partial charge in [0.05, 0.1) is 19.8 Å². The van der Waals surface area contributed by atoms with Gasteiger partial charge in [0.15, 0.2) is 0 Å². The number of carbonyl (C=O) groups is 3. The van der Waals surface area contributed by atoms with Crippen molar-refractivity contribution in [1.82, 2.24) is 0 Å². The van der Waals surface area contributed by atoms with Crippen LogP contribution in [0.2, 0.25) is 0 Å². The van der Waals surface area contributed by atoms with Crippen molar-refractivity contribution in [3.63, 3.8) is 0 Å². The molecule has 1 saturated carbocycles. The Hall–Kier alpha value is -2.63. The quantitative estimate of drug-likeness (QED) is 0.600. The summed E-state index contributed by atoms with van der Waals surface area (Å²) >= 11 is 0. The molecule has 1 fully saturated rings. The van der Waals surface area contributed by atoms with Gasteiger partial charge in [-0.3, -0.25) is 9.59 Å². The number of esters is 3. The summed E-state index contributed by atoms with van der Waals surface area (Å²) in [6.07, 6.45) is 0.387. The van der Waals surface area contributed by atoms with Crippen LogP contribution in [0.15, 0.2) is 29.8 Å². The van der Waals surface area contributed by atoms with Gasteiger partial charge in [0, 0.05) is 12.3 Å². The van der Waals surface area contributed by atoms with Gasteiger partial charge in [0.1, 0.15) is 11.5 Å². The summed E-state index contributed by atoms with van der Waals surface area (Å²) in [6, 6.07) is 7.59. The molecular weight excluding hydrogens is 348 g/mol. The van der Waals surface area contributed by atoms with Crippen LogP contribution in [-0.2, 0) is 34.0 Å². The van der Waals surface area contributed by atoms with E-state index in [4.69, 9.17) is 14.2 Å². The van der Waals surface area contributed by atoms with E-state index in [1.165, 1.54) is 21.1 Å². The van der Waals surface area contributed by atoms with Gasteiger partial charge in [-0.15, -0.1) is 0 Å². The molecule has 3 atom stereocenters. The summed E-state index contributed by atoms with van der Waals surface area (Å²) in [5.41, 5.74) is 0.834. The third-order valence-corrected chi connectivity index (χ3v) is 5.97. The van der Waals surface area contributed by atoms with E-state index in [1.54, 1.807) is 6.92 Å². The SMILES string of the molecule is COC(=O)C1=C2[C@](C)(C(=O)OC)[C@@H](OC(C)=O)CC[C@@]2(C)c2ccccc21. The molecule has 6 nitrogen and oxygen atoms in total. The Bertz CT molecular complexity index is 854. The van der Waals surface area contributed by atoms with Crippen LogP contribution in [0.3, 0.4) is 0 Å². The molecule has 6 heteroatoms. The zero-order valence-electron chi connectivity index (χ0n) is 16.3. The van der Waals surface area contributed by atoms with E-state index in [2.05, 4.69) is 0 Å². The molecular formula is C21H24O6. The van der Waals surface area contributed by atoms with Crippen molar-refractivity contribution in [2.24, 2.45) is 5.41 Å². The van der Waals surface area contributed by atoms with E-state index >= 15 is 0 Å². The Morgan fingerprint density at radius 1 is 1.07 bits per heavy atom. The van der Waals surface area contributed by atoms with Crippen LogP contribution in [0.5, 0.6) is 0 Å². The Labute approximate surface area is 158 Å². The fourth-order valence-electron chi connectivity index (χ4n) is 4.83. The number of rotatable bonds is 3. The first-order chi connectivity index (χ1) is 12.7. The molecule has 0 bridgehead atoms. The Balaban J connectivity index is 2.35. The maximum atomic E-state index is 13.0. The zero-order valence-corrected chi connectivity index (χ0v) is 16.3. The van der Waals surface area contributed by atoms with Crippen molar-refractivity contribution >= 4 is 23.5 Å². The van der Waals surface area contributed by atoms with Crippen LogP contribution >= 0.6 is 0 Å². The minimum atomic E-state index is -1.30. The predicted octanol–water partition coefficient (Wildman–Crippen LogP) is 2.79. The van der Waals surface area contributed by atoms with E-state index in [1.807, 2.05) is 31.2 Å². The first kappa shape index (κ1) is 19.1. The van der Waals surface area contributed by atoms with Crippen molar-refractivity contribution in [2.75, 3.05) is 14.2 Å². The molecule has 0 amide bonds. The maximum Gasteiger partial charge on any atom is 0.338 e. The monoisotopic (exact) mass is 372 g/mol. The van der Waals surface area contributed by atoms with Gasteiger partial charge < -0.3 is 14.2 Å². The lowest BCUT2D eigenvalue weighted by Crippen LogP contribution is -2.53. The normalized spacial score (nSPS) is 28.9. The minimum absolute atomic E-state index is 0.361. The van der Waals surface area contributed by atoms with Crippen LogP contribution in [0.25, 0.3) is 5.57 Å². The summed E-state index contributed by atoms with van der Waals surface area (Å²) in [4.78, 5) is 37.4. The van der Waals surface area contributed by atoms with E-state index in [9.17, 15) is 14.4 Å². The molecule has 1 aromatic rings. The lowest BCUT2D eigenvalue weighted by Gasteiger charge is -2.48. The molecule has 3 rings (SSSR count). The smallest absolute Gasteiger partial charge is 0.338 e. The van der Waals surface area contributed by atoms with Gasteiger partial charge in [-0.2, -0.15) is 0 Å². The lowest BCUT2D eigenvalue weighted by molar-refractivity contribution is -0.168. The number of hydrogen-bond acceptors (Lipinski definition) is 6. The van der Waals surface area contributed by atoms with E-state index < -0.39 is 34.8 Å². The van der Waals surface area contributed by atoms with Crippen molar-refractivity contribution < 1.29 is 28.6 Å². The highest BCUT2D eigenvalue weighted by atomic mass is 16.6. The first-order valence-electron chi connectivity index (χ1n) is 8.90. The highest BCUT2D eigenvalue weighted by Gasteiger charge is 2.61. The van der Waals surface area contributed by atoms with Crippen molar-refractivity contribution in [2.45, 2.75) is 45.1 Å². The Morgan fingerprint density at radius 2 is 1.74 bits per heavy atom. The second-order valence-corrected chi connectivity index (χ2v) is 7.45. The minimum Gasteiger partial charge on any atom is -0.468 e. The lowest BCUT2D eigenvalue weighted by atomic mass is 9.57. The molecule has 0 spiro atoms. The molecule has 0 aliphatic heterocycles. The highest BCUT2D eigenvalue weighted by Crippen LogP contribution is 2.61. The second-order valence-electron chi connectivity index (χ2n) is 7.45. The second kappa shape index (κ2) is 6.51. The van der Waals surface area contributed by atoms with E-state index in [0.29, 0.717) is 24.0 Å². The summed E-state index contributed by atoms with van der Waals surface area (Å²) in [5, 5.41) is 0. The number of hydrogen-bond donors (Lipinski definition) is 0. The average molecular weight is 372 g/mol. The molecule has 2 aliphatic carbocycles. The fourth-order valence-corrected chi connectivity index (χ4v) is 4.83. The van der Waals surface area contributed by atoms with Crippen LogP contribution < -0.4 is 0 Å². The molecule has 1 aromatic carbocycles. The number of fused-ring (bicyclic) bond motifs is 3. The van der Waals surface area contributed by atoms with Crippen LogP contribution in [-0.4, -0.2) is 38.2 Å². The molecule has 0 unspecified atom stereocenters. The van der Waals surface area contributed by atoms with E-state index in [0.717, 1.165) is 11.1 Å². The summed E-state index contributed by atoms with van der Waals surface area (Å²) in [7, 11) is 2.61. The van der Waals surface area contributed by atoms with Crippen molar-refractivity contribution in [3.05, 3.63) is 41.0 Å². The summed E-state index contributed by atoms with van der Waals surface area (Å²) in [5.74, 6) is -1.53. The number of carbonyl (C=O) groups excluding carboxylic acids is 3. The third kappa shape index (κ3) is 2.58. The van der Waals surface area contributed by atoms with Crippen molar-refractivity contribution in [3.8, 4) is 0 Å². The molecule has 0 radical (unpaired) electrons. The standard InChI is InChI=1S/C21H24O6/c1-12(22)27-15-10-11-20(2)14-9-7-6-8-13(14)16(18(23)25-4)17(20)21(15,3)19(24)26-5/h6-9,15H,10-11H2,1-5H3/t15-,20-,21+/m0/s1. The first-order valence-corrected chi connectivity index (χ1v) is 8.90.